The summed E-state index contributed by atoms with van der Waals surface area (Å²) < 4.78 is 0. The lowest BCUT2D eigenvalue weighted by Gasteiger charge is -2.17. The highest BCUT2D eigenvalue weighted by Gasteiger charge is 2.30. The molecule has 6 nitrogen and oxygen atoms in total. The van der Waals surface area contributed by atoms with Crippen molar-refractivity contribution in [1.29, 1.82) is 0 Å². The number of carbonyl (C=O) groups excluding carboxylic acids is 1. The minimum Gasteiger partial charge on any atom is -0.336 e. The Morgan fingerprint density at radius 2 is 2.15 bits per heavy atom. The van der Waals surface area contributed by atoms with E-state index >= 15 is 0 Å². The topological polar surface area (TPSA) is 63.9 Å². The molecule has 0 spiro atoms. The Hall–Kier alpha value is -1.89. The average molecular weight is 289 g/mol. The SMILES string of the molecule is CSc1ncccc1C(=O)N1CC[C@@H](n2nccn2)C1. The van der Waals surface area contributed by atoms with Gasteiger partial charge in [0.1, 0.15) is 5.03 Å². The summed E-state index contributed by atoms with van der Waals surface area (Å²) in [6.07, 6.45) is 7.85. The third-order valence-corrected chi connectivity index (χ3v) is 4.12. The fourth-order valence-corrected chi connectivity index (χ4v) is 2.96. The number of pyridine rings is 1. The van der Waals surface area contributed by atoms with E-state index in [1.165, 1.54) is 11.8 Å². The van der Waals surface area contributed by atoms with Crippen LogP contribution in [0.2, 0.25) is 0 Å². The second-order valence-corrected chi connectivity index (χ2v) is 5.40. The second-order valence-electron chi connectivity index (χ2n) is 4.60. The molecule has 1 aliphatic rings. The van der Waals surface area contributed by atoms with Crippen molar-refractivity contribution < 1.29 is 4.79 Å². The summed E-state index contributed by atoms with van der Waals surface area (Å²) in [5, 5.41) is 9.08. The third-order valence-electron chi connectivity index (χ3n) is 3.41. The van der Waals surface area contributed by atoms with Crippen molar-refractivity contribution in [3.05, 3.63) is 36.3 Å². The zero-order chi connectivity index (χ0) is 13.9. The van der Waals surface area contributed by atoms with Crippen LogP contribution in [0.4, 0.5) is 0 Å². The highest BCUT2D eigenvalue weighted by Crippen LogP contribution is 2.24. The van der Waals surface area contributed by atoms with Gasteiger partial charge in [-0.05, 0) is 24.8 Å². The monoisotopic (exact) mass is 289 g/mol. The van der Waals surface area contributed by atoms with Crippen LogP contribution in [-0.2, 0) is 0 Å². The van der Waals surface area contributed by atoms with Gasteiger partial charge in [-0.2, -0.15) is 15.0 Å². The van der Waals surface area contributed by atoms with Crippen LogP contribution < -0.4 is 0 Å². The minimum atomic E-state index is 0.0390. The molecule has 1 amide bonds. The minimum absolute atomic E-state index is 0.0390. The zero-order valence-electron chi connectivity index (χ0n) is 11.1. The van der Waals surface area contributed by atoms with Gasteiger partial charge >= 0.3 is 0 Å². The molecular formula is C13H15N5OS. The van der Waals surface area contributed by atoms with E-state index < -0.39 is 0 Å². The molecule has 7 heteroatoms. The molecule has 1 fully saturated rings. The van der Waals surface area contributed by atoms with Crippen LogP contribution in [0.1, 0.15) is 22.8 Å². The first kappa shape index (κ1) is 13.1. The molecule has 0 aliphatic carbocycles. The van der Waals surface area contributed by atoms with Gasteiger partial charge in [0, 0.05) is 19.3 Å². The van der Waals surface area contributed by atoms with E-state index in [4.69, 9.17) is 0 Å². The van der Waals surface area contributed by atoms with Gasteiger partial charge in [-0.1, -0.05) is 0 Å². The largest absolute Gasteiger partial charge is 0.336 e. The Morgan fingerprint density at radius 3 is 2.90 bits per heavy atom. The van der Waals surface area contributed by atoms with E-state index in [0.717, 1.165) is 18.0 Å². The summed E-state index contributed by atoms with van der Waals surface area (Å²) in [6, 6.07) is 3.80. The number of likely N-dealkylation sites (tertiary alicyclic amines) is 1. The molecule has 104 valence electrons. The number of rotatable bonds is 3. The highest BCUT2D eigenvalue weighted by atomic mass is 32.2. The summed E-state index contributed by atoms with van der Waals surface area (Å²) >= 11 is 1.49. The van der Waals surface area contributed by atoms with Gasteiger partial charge in [-0.25, -0.2) is 4.98 Å². The van der Waals surface area contributed by atoms with Crippen LogP contribution >= 0.6 is 11.8 Å². The molecule has 0 N–H and O–H groups in total. The van der Waals surface area contributed by atoms with Crippen molar-refractivity contribution >= 4 is 17.7 Å². The molecule has 0 saturated carbocycles. The fourth-order valence-electron chi connectivity index (χ4n) is 2.42. The summed E-state index contributed by atoms with van der Waals surface area (Å²) in [5.41, 5.74) is 0.675. The van der Waals surface area contributed by atoms with E-state index in [-0.39, 0.29) is 11.9 Å². The van der Waals surface area contributed by atoms with Crippen molar-refractivity contribution in [1.82, 2.24) is 24.9 Å². The van der Waals surface area contributed by atoms with Gasteiger partial charge in [0.15, 0.2) is 0 Å². The summed E-state index contributed by atoms with van der Waals surface area (Å²) in [6.45, 7) is 1.38. The summed E-state index contributed by atoms with van der Waals surface area (Å²) in [7, 11) is 0. The Morgan fingerprint density at radius 1 is 1.35 bits per heavy atom. The van der Waals surface area contributed by atoms with E-state index in [2.05, 4.69) is 15.2 Å². The van der Waals surface area contributed by atoms with Crippen LogP contribution in [-0.4, -0.2) is 50.1 Å². The van der Waals surface area contributed by atoms with Gasteiger partial charge < -0.3 is 4.90 Å². The van der Waals surface area contributed by atoms with Crippen molar-refractivity contribution in [2.24, 2.45) is 0 Å². The maximum absolute atomic E-state index is 12.6. The quantitative estimate of drug-likeness (QED) is 0.801. The molecule has 20 heavy (non-hydrogen) atoms. The van der Waals surface area contributed by atoms with Crippen molar-refractivity contribution in [2.75, 3.05) is 19.3 Å². The van der Waals surface area contributed by atoms with Gasteiger partial charge in [-0.15, -0.1) is 11.8 Å². The first-order valence-electron chi connectivity index (χ1n) is 6.43. The molecule has 3 heterocycles. The van der Waals surface area contributed by atoms with Crippen LogP contribution in [0.5, 0.6) is 0 Å². The number of hydrogen-bond acceptors (Lipinski definition) is 5. The van der Waals surface area contributed by atoms with Gasteiger partial charge in [0.25, 0.3) is 5.91 Å². The van der Waals surface area contributed by atoms with Crippen LogP contribution in [0.15, 0.2) is 35.7 Å². The Bertz CT molecular complexity index is 601. The maximum Gasteiger partial charge on any atom is 0.256 e. The molecule has 1 saturated heterocycles. The lowest BCUT2D eigenvalue weighted by Crippen LogP contribution is -2.30. The maximum atomic E-state index is 12.6. The molecule has 1 aliphatic heterocycles. The van der Waals surface area contributed by atoms with Crippen LogP contribution in [0, 0.1) is 0 Å². The number of thioether (sulfide) groups is 1. The van der Waals surface area contributed by atoms with Gasteiger partial charge in [0.05, 0.1) is 24.0 Å². The summed E-state index contributed by atoms with van der Waals surface area (Å²) in [4.78, 5) is 20.3. The van der Waals surface area contributed by atoms with E-state index in [0.29, 0.717) is 12.1 Å². The lowest BCUT2D eigenvalue weighted by atomic mass is 10.2. The second kappa shape index (κ2) is 5.62. The molecule has 0 bridgehead atoms. The Kier molecular flexibility index (Phi) is 3.68. The van der Waals surface area contributed by atoms with Gasteiger partial charge in [-0.3, -0.25) is 4.79 Å². The Labute approximate surface area is 121 Å². The van der Waals surface area contributed by atoms with E-state index in [1.54, 1.807) is 29.5 Å². The smallest absolute Gasteiger partial charge is 0.256 e. The van der Waals surface area contributed by atoms with E-state index in [9.17, 15) is 4.79 Å². The standard InChI is InChI=1S/C13H15N5OS/c1-20-12-11(3-2-5-14-12)13(19)17-8-4-10(9-17)18-15-6-7-16-18/h2-3,5-7,10H,4,8-9H2,1H3/t10-/m1/s1. The number of hydrogen-bond donors (Lipinski definition) is 0. The number of aromatic nitrogens is 4. The van der Waals surface area contributed by atoms with Crippen molar-refractivity contribution in [3.63, 3.8) is 0 Å². The summed E-state index contributed by atoms with van der Waals surface area (Å²) in [5.74, 6) is 0.0390. The molecule has 1 atom stereocenters. The molecule has 0 radical (unpaired) electrons. The zero-order valence-corrected chi connectivity index (χ0v) is 12.0. The molecule has 0 aromatic carbocycles. The molecule has 0 unspecified atom stereocenters. The lowest BCUT2D eigenvalue weighted by molar-refractivity contribution is 0.0782. The van der Waals surface area contributed by atoms with Crippen molar-refractivity contribution in [2.45, 2.75) is 17.5 Å². The Balaban J connectivity index is 1.76. The highest BCUT2D eigenvalue weighted by molar-refractivity contribution is 7.98. The molecule has 2 aromatic rings. The van der Waals surface area contributed by atoms with E-state index in [1.807, 2.05) is 17.2 Å². The van der Waals surface area contributed by atoms with Crippen LogP contribution in [0.3, 0.4) is 0 Å². The number of carbonyl (C=O) groups is 1. The third kappa shape index (κ3) is 2.40. The van der Waals surface area contributed by atoms with Crippen molar-refractivity contribution in [3.8, 4) is 0 Å². The molecule has 2 aromatic heterocycles. The predicted molar refractivity (Wildman–Crippen MR) is 75.6 cm³/mol. The molecule has 3 rings (SSSR count). The molecular weight excluding hydrogens is 274 g/mol. The normalized spacial score (nSPS) is 18.4. The number of amides is 1. The predicted octanol–water partition coefficient (Wildman–Crippen LogP) is 1.48. The van der Waals surface area contributed by atoms with Gasteiger partial charge in [0.2, 0.25) is 0 Å². The fraction of sp³-hybridized carbons (Fsp3) is 0.385. The first-order chi connectivity index (χ1) is 9.79. The average Bonchev–Trinajstić information content (AvgIpc) is 3.16. The van der Waals surface area contributed by atoms with Crippen LogP contribution in [0.25, 0.3) is 0 Å². The first-order valence-corrected chi connectivity index (χ1v) is 7.66. The number of nitrogens with zero attached hydrogens (tertiary/aromatic N) is 5.